The number of carbonyl (C=O) groups is 3. The summed E-state index contributed by atoms with van der Waals surface area (Å²) in [6.45, 7) is 6.04. The van der Waals surface area contributed by atoms with Crippen molar-refractivity contribution in [3.05, 3.63) is 108 Å². The van der Waals surface area contributed by atoms with Gasteiger partial charge in [-0.3, -0.25) is 14.4 Å². The molecule has 3 amide bonds. The predicted octanol–water partition coefficient (Wildman–Crippen LogP) is 10.0. The lowest BCUT2D eigenvalue weighted by Gasteiger charge is -2.09. The van der Waals surface area contributed by atoms with Crippen LogP contribution in [0.1, 0.15) is 36.0 Å². The average Bonchev–Trinajstić information content (AvgIpc) is 4.36. The number of carbonyl (C=O) groups excluding carboxylic acids is 3. The van der Waals surface area contributed by atoms with Gasteiger partial charge in [-0.1, -0.05) is 0 Å². The van der Waals surface area contributed by atoms with Crippen LogP contribution in [0.15, 0.2) is 91.8 Å². The number of hydrogen-bond acceptors (Lipinski definition) is 18. The maximum Gasteiger partial charge on any atom is 0.230 e. The number of amides is 3. The lowest BCUT2D eigenvalue weighted by molar-refractivity contribution is -0.118. The van der Waals surface area contributed by atoms with Crippen LogP contribution < -0.4 is 33.2 Å². The third-order valence-corrected chi connectivity index (χ3v) is 16.1. The van der Waals surface area contributed by atoms with Gasteiger partial charge >= 0.3 is 0 Å². The van der Waals surface area contributed by atoms with Crippen molar-refractivity contribution in [2.45, 2.75) is 40.0 Å². The topological polar surface area (TPSA) is 314 Å². The number of nitrogens with zero attached hydrogens (tertiary/aromatic N) is 9. The van der Waals surface area contributed by atoms with Crippen LogP contribution in [0.2, 0.25) is 0 Å². The highest BCUT2D eigenvalue weighted by Crippen LogP contribution is 2.42. The summed E-state index contributed by atoms with van der Waals surface area (Å²) in [4.78, 5) is 52.4. The van der Waals surface area contributed by atoms with Gasteiger partial charge in [-0.05, 0) is 179 Å². The van der Waals surface area contributed by atoms with Crippen molar-refractivity contribution < 1.29 is 14.4 Å². The molecule has 9 N–H and O–H groups in total. The monoisotopic (exact) mass is 1050 g/mol. The Labute approximate surface area is 441 Å². The maximum atomic E-state index is 12.1. The molecule has 6 aromatic heterocycles. The lowest BCUT2D eigenvalue weighted by atomic mass is 10.0. The first-order valence-corrected chi connectivity index (χ1v) is 26.0. The molecule has 12 rings (SSSR count). The average molecular weight is 1050 g/mol. The first-order valence-electron chi connectivity index (χ1n) is 23.6. The summed E-state index contributed by atoms with van der Waals surface area (Å²) in [5.74, 6) is -0.222. The molecule has 3 saturated carbocycles. The number of hydrogen-bond donors (Lipinski definition) is 6. The van der Waals surface area contributed by atoms with Crippen LogP contribution in [0.4, 0.5) is 34.5 Å². The van der Waals surface area contributed by atoms with Gasteiger partial charge in [0.15, 0.2) is 0 Å². The Bertz CT molecular complexity index is 3510. The largest absolute Gasteiger partial charge is 0.398 e. The molecule has 21 heteroatoms. The summed E-state index contributed by atoms with van der Waals surface area (Å²) in [6, 6.07) is 23.6. The number of rotatable bonds is 9. The fourth-order valence-corrected chi connectivity index (χ4v) is 10.9. The first kappa shape index (κ1) is 49.6. The molecular formula is C54H45N15O3S3. The number of nitrogens with two attached hydrogens (primary N) is 3. The molecule has 0 aliphatic heterocycles. The van der Waals surface area contributed by atoms with Gasteiger partial charge in [0.05, 0.1) is 68.3 Å². The fraction of sp³-hybridized carbons (Fsp3) is 0.222. The first-order chi connectivity index (χ1) is 36.2. The van der Waals surface area contributed by atoms with Crippen molar-refractivity contribution in [3.8, 4) is 49.5 Å². The summed E-state index contributed by atoms with van der Waals surface area (Å²) in [5, 5.41) is 40.1. The van der Waals surface area contributed by atoms with Crippen molar-refractivity contribution in [2.75, 3.05) is 33.2 Å². The van der Waals surface area contributed by atoms with Crippen LogP contribution >= 0.6 is 34.6 Å². The third kappa shape index (κ3) is 10.6. The Morgan fingerprint density at radius 3 is 0.973 bits per heavy atom. The van der Waals surface area contributed by atoms with Gasteiger partial charge in [0.25, 0.3) is 0 Å². The number of nitrogens with one attached hydrogen (secondary N) is 3. The van der Waals surface area contributed by atoms with Crippen LogP contribution in [0.25, 0.3) is 63.6 Å². The quantitative estimate of drug-likeness (QED) is 0.0732. The minimum atomic E-state index is -0.223. The normalized spacial score (nSPS) is 18.7. The second-order valence-electron chi connectivity index (χ2n) is 18.8. The molecule has 0 bridgehead atoms. The van der Waals surface area contributed by atoms with Gasteiger partial charge in [0.2, 0.25) is 17.7 Å². The van der Waals surface area contributed by atoms with E-state index in [4.69, 9.17) is 33.0 Å². The molecule has 0 spiro atoms. The van der Waals surface area contributed by atoms with Crippen LogP contribution in [-0.2, 0) is 14.4 Å². The van der Waals surface area contributed by atoms with E-state index in [0.717, 1.165) is 80.3 Å². The molecular weight excluding hydrogens is 1000 g/mol. The Morgan fingerprint density at radius 2 is 0.747 bits per heavy atom. The minimum absolute atomic E-state index is 0.152. The summed E-state index contributed by atoms with van der Waals surface area (Å²) >= 11 is 4.28. The standard InChI is InChI=1S/3C18H15N5OS/c3*1-9-7-22-25-17(9)11-2-10-5-16(21-8-14(10)15(20)4-11)23-18(24)13-3-12(13)6-19/h3*2,4-5,7-8,12-13H,3,20H2,1H3,(H,21,23,24)/t2*12-,13+;/m10./s1. The third-order valence-electron chi connectivity index (χ3n) is 13.3. The Kier molecular flexibility index (Phi) is 13.6. The molecule has 0 radical (unpaired) electrons. The van der Waals surface area contributed by atoms with E-state index in [1.807, 2.05) is 94.0 Å². The molecule has 75 heavy (non-hydrogen) atoms. The Morgan fingerprint density at radius 1 is 0.467 bits per heavy atom. The van der Waals surface area contributed by atoms with Gasteiger partial charge in [0.1, 0.15) is 17.5 Å². The number of fused-ring (bicyclic) bond motifs is 3. The van der Waals surface area contributed by atoms with Crippen LogP contribution in [0.3, 0.4) is 0 Å². The zero-order valence-corrected chi connectivity index (χ0v) is 42.9. The molecule has 3 fully saturated rings. The molecule has 18 nitrogen and oxygen atoms in total. The SMILES string of the molecule is Cc1cnsc1-c1cc(N)c2cnc(NC(=O)C3CC3C#N)cc2c1.Cc1cnsc1-c1cc(N)c2cnc(NC(=O)[C@@H]3C[C@H]3C#N)cc2c1.Cc1cnsc1-c1cc(N)c2cnc(NC(=O)[C@H]3C[C@@H]3C#N)cc2c1. The molecule has 6 atom stereocenters. The summed E-state index contributed by atoms with van der Waals surface area (Å²) in [6.07, 6.45) is 12.4. The van der Waals surface area contributed by atoms with Crippen molar-refractivity contribution >= 4 is 119 Å². The zero-order chi connectivity index (χ0) is 52.7. The minimum Gasteiger partial charge on any atom is -0.398 e. The number of anilines is 6. The Balaban J connectivity index is 0.000000128. The van der Waals surface area contributed by atoms with E-state index >= 15 is 0 Å². The number of nitrogen functional groups attached to an aromatic ring is 3. The smallest absolute Gasteiger partial charge is 0.230 e. The number of aromatic nitrogens is 6. The fourth-order valence-electron chi connectivity index (χ4n) is 8.70. The lowest BCUT2D eigenvalue weighted by Crippen LogP contribution is -2.15. The van der Waals surface area contributed by atoms with Gasteiger partial charge in [0, 0.05) is 70.4 Å². The van der Waals surface area contributed by atoms with E-state index in [-0.39, 0.29) is 53.2 Å². The van der Waals surface area contributed by atoms with Crippen molar-refractivity contribution in [3.63, 3.8) is 0 Å². The van der Waals surface area contributed by atoms with Gasteiger partial charge < -0.3 is 33.2 Å². The van der Waals surface area contributed by atoms with Gasteiger partial charge in [-0.25, -0.2) is 28.1 Å². The molecule has 3 aliphatic carbocycles. The highest BCUT2D eigenvalue weighted by atomic mass is 32.1. The highest BCUT2D eigenvalue weighted by Gasteiger charge is 2.45. The summed E-state index contributed by atoms with van der Waals surface area (Å²) < 4.78 is 12.6. The molecule has 3 aromatic carbocycles. The van der Waals surface area contributed by atoms with Crippen LogP contribution in [0.5, 0.6) is 0 Å². The van der Waals surface area contributed by atoms with Crippen LogP contribution in [-0.4, -0.2) is 45.8 Å². The number of benzene rings is 3. The number of aryl methyl sites for hydroxylation is 3. The van der Waals surface area contributed by atoms with E-state index in [1.54, 1.807) is 18.6 Å². The number of pyridine rings is 3. The summed E-state index contributed by atoms with van der Waals surface area (Å²) in [7, 11) is 0. The Hall–Kier alpha value is -8.94. The predicted molar refractivity (Wildman–Crippen MR) is 294 cm³/mol. The van der Waals surface area contributed by atoms with Crippen molar-refractivity contribution in [1.82, 2.24) is 28.1 Å². The van der Waals surface area contributed by atoms with Crippen LogP contribution in [0, 0.1) is 90.3 Å². The zero-order valence-electron chi connectivity index (χ0n) is 40.5. The van der Waals surface area contributed by atoms with E-state index in [1.165, 1.54) is 34.6 Å². The van der Waals surface area contributed by atoms with Crippen molar-refractivity contribution in [2.24, 2.45) is 35.5 Å². The molecule has 0 saturated heterocycles. The molecule has 3 aliphatic rings. The van der Waals surface area contributed by atoms with Crippen molar-refractivity contribution in [1.29, 1.82) is 15.8 Å². The second-order valence-corrected chi connectivity index (χ2v) is 21.2. The molecule has 6 heterocycles. The van der Waals surface area contributed by atoms with Gasteiger partial charge in [-0.2, -0.15) is 15.8 Å². The molecule has 9 aromatic rings. The van der Waals surface area contributed by atoms with E-state index in [0.29, 0.717) is 53.8 Å². The van der Waals surface area contributed by atoms with Gasteiger partial charge in [-0.15, -0.1) is 0 Å². The maximum absolute atomic E-state index is 12.1. The van der Waals surface area contributed by atoms with E-state index in [2.05, 4.69) is 62.2 Å². The van der Waals surface area contributed by atoms with E-state index < -0.39 is 0 Å². The molecule has 2 unspecified atom stereocenters. The molecule has 372 valence electrons. The number of nitriles is 3. The highest BCUT2D eigenvalue weighted by molar-refractivity contribution is 7.10. The second kappa shape index (κ2) is 20.5. The van der Waals surface area contributed by atoms with E-state index in [9.17, 15) is 14.4 Å². The summed E-state index contributed by atoms with van der Waals surface area (Å²) in [5.41, 5.74) is 26.7.